The third kappa shape index (κ3) is 1.89. The quantitative estimate of drug-likeness (QED) is 0.474. The highest BCUT2D eigenvalue weighted by Gasteiger charge is 2.53. The molecule has 1 saturated heterocycles. The third-order valence-corrected chi connectivity index (χ3v) is 3.04. The first-order valence-electron chi connectivity index (χ1n) is 5.39. The lowest BCUT2D eigenvalue weighted by Crippen LogP contribution is -2.46. The molecule has 5 N–H and O–H groups in total. The lowest BCUT2D eigenvalue weighted by molar-refractivity contribution is -0.0986. The zero-order valence-electron chi connectivity index (χ0n) is 9.72. The predicted molar refractivity (Wildman–Crippen MR) is 60.5 cm³/mol. The molecule has 0 spiro atoms. The third-order valence-electron chi connectivity index (χ3n) is 3.04. The summed E-state index contributed by atoms with van der Waals surface area (Å²) in [5, 5.41) is 29.0. The van der Waals surface area contributed by atoms with Gasteiger partial charge in [0.15, 0.2) is 6.23 Å². The van der Waals surface area contributed by atoms with E-state index in [1.807, 2.05) is 0 Å². The lowest BCUT2D eigenvalue weighted by Gasteiger charge is -2.27. The van der Waals surface area contributed by atoms with Gasteiger partial charge in [-0.05, 0) is 13.0 Å². The number of ether oxygens (including phenoxy) is 1. The van der Waals surface area contributed by atoms with Gasteiger partial charge in [-0.3, -0.25) is 4.57 Å². The van der Waals surface area contributed by atoms with E-state index < -0.39 is 36.3 Å². The standard InChI is InChI=1S/C10H15N3O5/c1-10(17)7(15)5(4-14)18-8(10)13-3-2-6(11)12-9(13)16/h2-3,5,7-8,14-15,17H,4H2,1H3,(H2,11,12,16)/t5-,7+,8+,10-/m1/s1. The van der Waals surface area contributed by atoms with Crippen LogP contribution in [-0.2, 0) is 4.74 Å². The summed E-state index contributed by atoms with van der Waals surface area (Å²) >= 11 is 0. The number of rotatable bonds is 2. The maximum absolute atomic E-state index is 11.7. The molecule has 0 aliphatic carbocycles. The van der Waals surface area contributed by atoms with E-state index >= 15 is 0 Å². The van der Waals surface area contributed by atoms with Crippen molar-refractivity contribution in [2.24, 2.45) is 0 Å². The average Bonchev–Trinajstić information content (AvgIpc) is 2.52. The molecule has 0 radical (unpaired) electrons. The van der Waals surface area contributed by atoms with Crippen LogP contribution in [-0.4, -0.2) is 49.3 Å². The second kappa shape index (κ2) is 4.32. The van der Waals surface area contributed by atoms with Gasteiger partial charge in [0, 0.05) is 6.20 Å². The number of nitrogens with zero attached hydrogens (tertiary/aromatic N) is 2. The van der Waals surface area contributed by atoms with Crippen LogP contribution in [0.2, 0.25) is 0 Å². The van der Waals surface area contributed by atoms with E-state index in [-0.39, 0.29) is 5.82 Å². The Kier molecular flexibility index (Phi) is 3.11. The molecule has 4 atom stereocenters. The number of nitrogens with two attached hydrogens (primary N) is 1. The molecular formula is C10H15N3O5. The van der Waals surface area contributed by atoms with Gasteiger partial charge < -0.3 is 25.8 Å². The minimum atomic E-state index is -1.71. The van der Waals surface area contributed by atoms with Gasteiger partial charge in [-0.2, -0.15) is 4.98 Å². The Morgan fingerprint density at radius 1 is 1.67 bits per heavy atom. The summed E-state index contributed by atoms with van der Waals surface area (Å²) in [5.41, 5.74) is 2.94. The monoisotopic (exact) mass is 257 g/mol. The molecule has 18 heavy (non-hydrogen) atoms. The van der Waals surface area contributed by atoms with Crippen molar-refractivity contribution >= 4 is 5.82 Å². The second-order valence-electron chi connectivity index (χ2n) is 4.42. The van der Waals surface area contributed by atoms with Crippen LogP contribution < -0.4 is 11.4 Å². The Bertz CT molecular complexity index is 501. The lowest BCUT2D eigenvalue weighted by atomic mass is 9.96. The molecule has 0 aromatic carbocycles. The van der Waals surface area contributed by atoms with E-state index in [0.29, 0.717) is 0 Å². The molecule has 100 valence electrons. The van der Waals surface area contributed by atoms with Gasteiger partial charge in [0.2, 0.25) is 0 Å². The molecular weight excluding hydrogens is 242 g/mol. The summed E-state index contributed by atoms with van der Waals surface area (Å²) in [7, 11) is 0. The van der Waals surface area contributed by atoms with Crippen LogP contribution in [0.5, 0.6) is 0 Å². The smallest absolute Gasteiger partial charge is 0.351 e. The fourth-order valence-electron chi connectivity index (χ4n) is 1.99. The fourth-order valence-corrected chi connectivity index (χ4v) is 1.99. The minimum Gasteiger partial charge on any atom is -0.394 e. The molecule has 0 saturated carbocycles. The zero-order chi connectivity index (χ0) is 13.5. The maximum atomic E-state index is 11.7. The van der Waals surface area contributed by atoms with E-state index in [2.05, 4.69) is 4.98 Å². The van der Waals surface area contributed by atoms with Crippen LogP contribution in [0.25, 0.3) is 0 Å². The molecule has 0 bridgehead atoms. The number of hydrogen-bond donors (Lipinski definition) is 4. The van der Waals surface area contributed by atoms with Crippen LogP contribution >= 0.6 is 0 Å². The summed E-state index contributed by atoms with van der Waals surface area (Å²) in [4.78, 5) is 15.2. The largest absolute Gasteiger partial charge is 0.394 e. The Hall–Kier alpha value is -1.48. The molecule has 1 aliphatic rings. The van der Waals surface area contributed by atoms with E-state index in [9.17, 15) is 15.0 Å². The van der Waals surface area contributed by atoms with Crippen molar-refractivity contribution in [3.8, 4) is 0 Å². The van der Waals surface area contributed by atoms with Gasteiger partial charge in [0.1, 0.15) is 23.6 Å². The van der Waals surface area contributed by atoms with Crippen molar-refractivity contribution in [3.05, 3.63) is 22.7 Å². The highest BCUT2D eigenvalue weighted by Crippen LogP contribution is 2.37. The van der Waals surface area contributed by atoms with Crippen LogP contribution in [0, 0.1) is 0 Å². The molecule has 1 aromatic heterocycles. The summed E-state index contributed by atoms with van der Waals surface area (Å²) in [6.07, 6.45) is -2.09. The first-order chi connectivity index (χ1) is 8.37. The van der Waals surface area contributed by atoms with Crippen molar-refractivity contribution < 1.29 is 20.1 Å². The fraction of sp³-hybridized carbons (Fsp3) is 0.600. The van der Waals surface area contributed by atoms with Crippen molar-refractivity contribution in [1.29, 1.82) is 0 Å². The van der Waals surface area contributed by atoms with Crippen molar-refractivity contribution in [1.82, 2.24) is 9.55 Å². The van der Waals surface area contributed by atoms with Crippen molar-refractivity contribution in [3.63, 3.8) is 0 Å². The molecule has 1 aliphatic heterocycles. The number of nitrogen functional groups attached to an aromatic ring is 1. The highest BCUT2D eigenvalue weighted by atomic mass is 16.6. The first-order valence-corrected chi connectivity index (χ1v) is 5.39. The number of anilines is 1. The van der Waals surface area contributed by atoms with Gasteiger partial charge in [-0.25, -0.2) is 4.79 Å². The van der Waals surface area contributed by atoms with Gasteiger partial charge in [0.05, 0.1) is 6.61 Å². The first kappa shape index (κ1) is 13.0. The van der Waals surface area contributed by atoms with Gasteiger partial charge in [-0.15, -0.1) is 0 Å². The number of aliphatic hydroxyl groups is 3. The predicted octanol–water partition coefficient (Wildman–Crippen LogP) is -2.17. The van der Waals surface area contributed by atoms with E-state index in [0.717, 1.165) is 4.57 Å². The Morgan fingerprint density at radius 3 is 2.83 bits per heavy atom. The second-order valence-corrected chi connectivity index (χ2v) is 4.42. The number of hydrogen-bond acceptors (Lipinski definition) is 7. The molecule has 2 heterocycles. The normalized spacial score (nSPS) is 35.9. The van der Waals surface area contributed by atoms with Crippen LogP contribution in [0.15, 0.2) is 17.1 Å². The van der Waals surface area contributed by atoms with Crippen LogP contribution in [0.3, 0.4) is 0 Å². The van der Waals surface area contributed by atoms with Crippen LogP contribution in [0.1, 0.15) is 13.2 Å². The van der Waals surface area contributed by atoms with E-state index in [1.165, 1.54) is 19.2 Å². The molecule has 0 amide bonds. The minimum absolute atomic E-state index is 0.0492. The highest BCUT2D eigenvalue weighted by molar-refractivity contribution is 5.23. The van der Waals surface area contributed by atoms with Gasteiger partial charge in [-0.1, -0.05) is 0 Å². The van der Waals surface area contributed by atoms with Crippen molar-refractivity contribution in [2.75, 3.05) is 12.3 Å². The Labute approximate surface area is 102 Å². The van der Waals surface area contributed by atoms with E-state index in [4.69, 9.17) is 15.6 Å². The SMILES string of the molecule is C[C@]1(O)[C@@H](n2ccc(N)nc2=O)O[C@H](CO)[C@@H]1O. The molecule has 1 aromatic rings. The van der Waals surface area contributed by atoms with Crippen LogP contribution in [0.4, 0.5) is 5.82 Å². The Balaban J connectivity index is 2.42. The van der Waals surface area contributed by atoms with Crippen molar-refractivity contribution in [2.45, 2.75) is 31.0 Å². The summed E-state index contributed by atoms with van der Waals surface area (Å²) in [5.74, 6) is 0.0492. The Morgan fingerprint density at radius 2 is 2.33 bits per heavy atom. The molecule has 2 rings (SSSR count). The summed E-state index contributed by atoms with van der Waals surface area (Å²) in [6, 6.07) is 1.37. The number of aliphatic hydroxyl groups excluding tert-OH is 2. The summed E-state index contributed by atoms with van der Waals surface area (Å²) in [6.45, 7) is 0.853. The molecule has 0 unspecified atom stereocenters. The average molecular weight is 257 g/mol. The molecule has 8 heteroatoms. The molecule has 8 nitrogen and oxygen atoms in total. The zero-order valence-corrected chi connectivity index (χ0v) is 9.72. The van der Waals surface area contributed by atoms with Gasteiger partial charge >= 0.3 is 5.69 Å². The van der Waals surface area contributed by atoms with E-state index in [1.54, 1.807) is 0 Å². The topological polar surface area (TPSA) is 131 Å². The number of aromatic nitrogens is 2. The van der Waals surface area contributed by atoms with Gasteiger partial charge in [0.25, 0.3) is 0 Å². The summed E-state index contributed by atoms with van der Waals surface area (Å²) < 4.78 is 6.30. The maximum Gasteiger partial charge on any atom is 0.351 e. The molecule has 1 fully saturated rings.